The molecule has 7 heteroatoms. The lowest BCUT2D eigenvalue weighted by atomic mass is 10.0. The number of methoxy groups -OCH3 is 1. The number of aromatic hydroxyl groups is 1. The normalized spacial score (nSPS) is 17.5. The zero-order valence-electron chi connectivity index (χ0n) is 11.7. The molecule has 0 amide bonds. The number of ether oxygens (including phenoxy) is 1. The zero-order chi connectivity index (χ0) is 15.0. The Morgan fingerprint density at radius 3 is 2.95 bits per heavy atom. The maximum atomic E-state index is 10.0. The molecule has 0 radical (unpaired) electrons. The maximum absolute atomic E-state index is 10.0. The Morgan fingerprint density at radius 1 is 1.48 bits per heavy atom. The van der Waals surface area contributed by atoms with Crippen LogP contribution < -0.4 is 10.2 Å². The standard InChI is InChI=1S/C14H15ClN4O2/c1-19-13(15)7-16-14(19)11-6-10(17-18-11)9-5-8(21-2)3-4-12(9)20/h3-5,7,11,18,20H,6H2,1-2H3. The molecule has 0 saturated heterocycles. The highest BCUT2D eigenvalue weighted by Crippen LogP contribution is 2.30. The van der Waals surface area contributed by atoms with Crippen LogP contribution in [0.3, 0.4) is 0 Å². The molecule has 3 rings (SSSR count). The Hall–Kier alpha value is -2.21. The largest absolute Gasteiger partial charge is 0.507 e. The van der Waals surface area contributed by atoms with Gasteiger partial charge in [0.15, 0.2) is 0 Å². The summed E-state index contributed by atoms with van der Waals surface area (Å²) in [6.45, 7) is 0. The van der Waals surface area contributed by atoms with Gasteiger partial charge in [-0.1, -0.05) is 11.6 Å². The zero-order valence-corrected chi connectivity index (χ0v) is 12.4. The molecule has 21 heavy (non-hydrogen) atoms. The highest BCUT2D eigenvalue weighted by molar-refractivity contribution is 6.29. The van der Waals surface area contributed by atoms with Gasteiger partial charge in [-0.25, -0.2) is 4.98 Å². The monoisotopic (exact) mass is 306 g/mol. The third-order valence-corrected chi connectivity index (χ3v) is 3.90. The summed E-state index contributed by atoms with van der Waals surface area (Å²) in [7, 11) is 3.44. The topological polar surface area (TPSA) is 71.7 Å². The Bertz CT molecular complexity index is 711. The smallest absolute Gasteiger partial charge is 0.134 e. The molecule has 0 aliphatic carbocycles. The number of halogens is 1. The van der Waals surface area contributed by atoms with Gasteiger partial charge in [0.2, 0.25) is 0 Å². The second-order valence-electron chi connectivity index (χ2n) is 4.83. The lowest BCUT2D eigenvalue weighted by molar-refractivity contribution is 0.412. The van der Waals surface area contributed by atoms with E-state index in [1.165, 1.54) is 0 Å². The average Bonchev–Trinajstić information content (AvgIpc) is 3.08. The van der Waals surface area contributed by atoms with E-state index in [2.05, 4.69) is 15.5 Å². The molecular weight excluding hydrogens is 292 g/mol. The van der Waals surface area contributed by atoms with Crippen molar-refractivity contribution in [3.63, 3.8) is 0 Å². The highest BCUT2D eigenvalue weighted by atomic mass is 35.5. The summed E-state index contributed by atoms with van der Waals surface area (Å²) in [5.41, 5.74) is 4.45. The first-order chi connectivity index (χ1) is 10.1. The molecule has 2 aromatic rings. The van der Waals surface area contributed by atoms with Crippen LogP contribution in [-0.4, -0.2) is 27.5 Å². The van der Waals surface area contributed by atoms with Crippen LogP contribution in [0.2, 0.25) is 5.15 Å². The number of nitrogens with zero attached hydrogens (tertiary/aromatic N) is 3. The number of imidazole rings is 1. The van der Waals surface area contributed by atoms with Crippen LogP contribution in [0, 0.1) is 0 Å². The minimum Gasteiger partial charge on any atom is -0.507 e. The number of hydrazone groups is 1. The summed E-state index contributed by atoms with van der Waals surface area (Å²) in [4.78, 5) is 4.29. The van der Waals surface area contributed by atoms with E-state index in [-0.39, 0.29) is 11.8 Å². The summed E-state index contributed by atoms with van der Waals surface area (Å²) in [6.07, 6.45) is 2.22. The van der Waals surface area contributed by atoms with Crippen molar-refractivity contribution in [1.29, 1.82) is 0 Å². The first kappa shape index (κ1) is 13.8. The fraction of sp³-hybridized carbons (Fsp3) is 0.286. The van der Waals surface area contributed by atoms with Gasteiger partial charge in [-0.2, -0.15) is 5.10 Å². The number of rotatable bonds is 3. The molecule has 1 atom stereocenters. The molecule has 0 fully saturated rings. The third-order valence-electron chi connectivity index (χ3n) is 3.55. The lowest BCUT2D eigenvalue weighted by Gasteiger charge is -2.10. The minimum absolute atomic E-state index is 0.0666. The van der Waals surface area contributed by atoms with E-state index in [1.54, 1.807) is 31.5 Å². The fourth-order valence-electron chi connectivity index (χ4n) is 2.36. The van der Waals surface area contributed by atoms with E-state index >= 15 is 0 Å². The molecule has 2 heterocycles. The second kappa shape index (κ2) is 5.29. The Labute approximate surface area is 127 Å². The SMILES string of the molecule is COc1ccc(O)c(C2=NNC(c3ncc(Cl)n3C)C2)c1. The van der Waals surface area contributed by atoms with Gasteiger partial charge in [0.05, 0.1) is 19.0 Å². The molecule has 1 aromatic heterocycles. The molecule has 0 saturated carbocycles. The Kier molecular flexibility index (Phi) is 3.47. The van der Waals surface area contributed by atoms with Crippen molar-refractivity contribution in [2.75, 3.05) is 7.11 Å². The predicted octanol–water partition coefficient (Wildman–Crippen LogP) is 2.23. The Balaban J connectivity index is 1.85. The van der Waals surface area contributed by atoms with E-state index in [1.807, 2.05) is 11.6 Å². The number of hydrogen-bond donors (Lipinski definition) is 2. The van der Waals surface area contributed by atoms with Crippen molar-refractivity contribution in [1.82, 2.24) is 15.0 Å². The second-order valence-corrected chi connectivity index (χ2v) is 5.21. The van der Waals surface area contributed by atoms with Crippen LogP contribution in [0.15, 0.2) is 29.5 Å². The Morgan fingerprint density at radius 2 is 2.29 bits per heavy atom. The van der Waals surface area contributed by atoms with Crippen molar-refractivity contribution in [3.8, 4) is 11.5 Å². The van der Waals surface area contributed by atoms with Gasteiger partial charge >= 0.3 is 0 Å². The number of aromatic nitrogens is 2. The van der Waals surface area contributed by atoms with Crippen LogP contribution in [0.25, 0.3) is 0 Å². The van der Waals surface area contributed by atoms with Crippen LogP contribution in [-0.2, 0) is 7.05 Å². The maximum Gasteiger partial charge on any atom is 0.134 e. The molecular formula is C14H15ClN4O2. The van der Waals surface area contributed by atoms with Gasteiger partial charge in [0, 0.05) is 19.0 Å². The molecule has 1 aliphatic heterocycles. The van der Waals surface area contributed by atoms with E-state index in [0.717, 1.165) is 11.5 Å². The van der Waals surface area contributed by atoms with E-state index in [4.69, 9.17) is 16.3 Å². The summed E-state index contributed by atoms with van der Waals surface area (Å²) >= 11 is 6.00. The minimum atomic E-state index is -0.0666. The van der Waals surface area contributed by atoms with Gasteiger partial charge in [-0.3, -0.25) is 5.43 Å². The van der Waals surface area contributed by atoms with E-state index in [9.17, 15) is 5.11 Å². The molecule has 110 valence electrons. The van der Waals surface area contributed by atoms with Crippen molar-refractivity contribution >= 4 is 17.3 Å². The number of hydrogen-bond acceptors (Lipinski definition) is 5. The van der Waals surface area contributed by atoms with Crippen molar-refractivity contribution < 1.29 is 9.84 Å². The van der Waals surface area contributed by atoms with E-state index < -0.39 is 0 Å². The van der Waals surface area contributed by atoms with E-state index in [0.29, 0.717) is 22.9 Å². The number of phenols is 1. The molecule has 0 bridgehead atoms. The predicted molar refractivity (Wildman–Crippen MR) is 79.9 cm³/mol. The first-order valence-corrected chi connectivity index (χ1v) is 6.84. The number of benzene rings is 1. The summed E-state index contributed by atoms with van der Waals surface area (Å²) in [5.74, 6) is 1.66. The number of nitrogens with one attached hydrogen (secondary N) is 1. The highest BCUT2D eigenvalue weighted by Gasteiger charge is 2.26. The van der Waals surface area contributed by atoms with Gasteiger partial charge in [0.1, 0.15) is 28.5 Å². The van der Waals surface area contributed by atoms with Crippen molar-refractivity contribution in [2.45, 2.75) is 12.5 Å². The molecule has 1 unspecified atom stereocenters. The average molecular weight is 307 g/mol. The van der Waals surface area contributed by atoms with Crippen LogP contribution in [0.1, 0.15) is 23.9 Å². The molecule has 0 spiro atoms. The van der Waals surface area contributed by atoms with Gasteiger partial charge in [-0.05, 0) is 18.2 Å². The van der Waals surface area contributed by atoms with Crippen LogP contribution in [0.4, 0.5) is 0 Å². The molecule has 1 aliphatic rings. The molecule has 2 N–H and O–H groups in total. The van der Waals surface area contributed by atoms with Crippen LogP contribution >= 0.6 is 11.6 Å². The lowest BCUT2D eigenvalue weighted by Crippen LogP contribution is -2.15. The quantitative estimate of drug-likeness (QED) is 0.912. The fourth-order valence-corrected chi connectivity index (χ4v) is 2.49. The summed E-state index contributed by atoms with van der Waals surface area (Å²) in [5, 5.41) is 14.9. The van der Waals surface area contributed by atoms with Gasteiger partial charge in [-0.15, -0.1) is 0 Å². The van der Waals surface area contributed by atoms with Crippen LogP contribution in [0.5, 0.6) is 11.5 Å². The molecule has 1 aromatic carbocycles. The first-order valence-electron chi connectivity index (χ1n) is 6.46. The number of phenolic OH excluding ortho intramolecular Hbond substituents is 1. The van der Waals surface area contributed by atoms with Gasteiger partial charge < -0.3 is 14.4 Å². The summed E-state index contributed by atoms with van der Waals surface area (Å²) in [6, 6.07) is 5.01. The van der Waals surface area contributed by atoms with Gasteiger partial charge in [0.25, 0.3) is 0 Å². The molecule has 6 nitrogen and oxygen atoms in total. The summed E-state index contributed by atoms with van der Waals surface area (Å²) < 4.78 is 6.99. The third kappa shape index (κ3) is 2.42. The van der Waals surface area contributed by atoms with Crippen molar-refractivity contribution in [2.24, 2.45) is 12.1 Å². The van der Waals surface area contributed by atoms with Crippen molar-refractivity contribution in [3.05, 3.63) is 40.9 Å².